The molecule has 0 unspecified atom stereocenters. The van der Waals surface area contributed by atoms with E-state index in [9.17, 15) is 27.2 Å². The fraction of sp³-hybridized carbons (Fsp3) is 0.208. The SMILES string of the molecule is O=C(Nc1ccc(N2CCN(C(=O)c3cccc(F)c3)CC2)nc1)c1cccc(C(F)(F)F)c1. The third kappa shape index (κ3) is 5.33. The Hall–Kier alpha value is -3.95. The topological polar surface area (TPSA) is 65.5 Å². The maximum Gasteiger partial charge on any atom is 0.416 e. The molecule has 0 spiro atoms. The fourth-order valence-electron chi connectivity index (χ4n) is 3.63. The maximum absolute atomic E-state index is 13.4. The quantitative estimate of drug-likeness (QED) is 0.570. The van der Waals surface area contributed by atoms with Gasteiger partial charge in [0.2, 0.25) is 0 Å². The lowest BCUT2D eigenvalue weighted by atomic mass is 10.1. The summed E-state index contributed by atoms with van der Waals surface area (Å²) in [4.78, 5) is 32.8. The molecule has 2 aromatic carbocycles. The van der Waals surface area contributed by atoms with Gasteiger partial charge in [-0.25, -0.2) is 9.37 Å². The van der Waals surface area contributed by atoms with Gasteiger partial charge in [0, 0.05) is 37.3 Å². The van der Waals surface area contributed by atoms with Crippen molar-refractivity contribution in [2.75, 3.05) is 36.4 Å². The summed E-state index contributed by atoms with van der Waals surface area (Å²) in [5.41, 5.74) is -0.375. The van der Waals surface area contributed by atoms with Gasteiger partial charge >= 0.3 is 6.18 Å². The fourth-order valence-corrected chi connectivity index (χ4v) is 3.63. The molecule has 1 fully saturated rings. The van der Waals surface area contributed by atoms with Crippen LogP contribution in [0.5, 0.6) is 0 Å². The first kappa shape index (κ1) is 23.2. The van der Waals surface area contributed by atoms with Gasteiger partial charge in [0.25, 0.3) is 11.8 Å². The number of aromatic nitrogens is 1. The largest absolute Gasteiger partial charge is 0.416 e. The zero-order chi connectivity index (χ0) is 24.3. The number of amides is 2. The number of rotatable bonds is 4. The minimum atomic E-state index is -4.54. The molecule has 0 atom stereocenters. The van der Waals surface area contributed by atoms with Crippen molar-refractivity contribution < 1.29 is 27.2 Å². The van der Waals surface area contributed by atoms with Crippen LogP contribution in [0.1, 0.15) is 26.3 Å². The van der Waals surface area contributed by atoms with Gasteiger partial charge in [0.05, 0.1) is 17.4 Å². The number of carbonyl (C=O) groups excluding carboxylic acids is 2. The van der Waals surface area contributed by atoms with Crippen molar-refractivity contribution in [1.82, 2.24) is 9.88 Å². The number of hydrogen-bond acceptors (Lipinski definition) is 4. The average molecular weight is 472 g/mol. The summed E-state index contributed by atoms with van der Waals surface area (Å²) in [6.07, 6.45) is -3.11. The van der Waals surface area contributed by atoms with Crippen molar-refractivity contribution in [3.8, 4) is 0 Å². The third-order valence-corrected chi connectivity index (χ3v) is 5.42. The molecule has 4 rings (SSSR count). The van der Waals surface area contributed by atoms with Crippen LogP contribution in [0.3, 0.4) is 0 Å². The molecule has 6 nitrogen and oxygen atoms in total. The van der Waals surface area contributed by atoms with Crippen molar-refractivity contribution >= 4 is 23.3 Å². The van der Waals surface area contributed by atoms with Gasteiger partial charge in [-0.3, -0.25) is 9.59 Å². The molecule has 0 bridgehead atoms. The van der Waals surface area contributed by atoms with Crippen molar-refractivity contribution in [2.24, 2.45) is 0 Å². The lowest BCUT2D eigenvalue weighted by molar-refractivity contribution is -0.137. The Kier molecular flexibility index (Phi) is 6.49. The number of carbonyl (C=O) groups is 2. The van der Waals surface area contributed by atoms with E-state index in [1.165, 1.54) is 36.5 Å². The van der Waals surface area contributed by atoms with Crippen LogP contribution < -0.4 is 10.2 Å². The van der Waals surface area contributed by atoms with Crippen LogP contribution in [0.4, 0.5) is 29.1 Å². The standard InChI is InChI=1S/C24H20F4N4O2/c25-19-6-2-4-17(14-19)23(34)32-11-9-31(10-12-32)21-8-7-20(15-29-21)30-22(33)16-3-1-5-18(13-16)24(26,27)28/h1-8,13-15H,9-12H2,(H,30,33). The van der Waals surface area contributed by atoms with E-state index in [1.807, 2.05) is 4.90 Å². The maximum atomic E-state index is 13.4. The number of halogens is 4. The van der Waals surface area contributed by atoms with Crippen molar-refractivity contribution in [2.45, 2.75) is 6.18 Å². The van der Waals surface area contributed by atoms with E-state index >= 15 is 0 Å². The number of pyridine rings is 1. The minimum absolute atomic E-state index is 0.113. The number of benzene rings is 2. The van der Waals surface area contributed by atoms with E-state index in [1.54, 1.807) is 23.1 Å². The normalized spacial score (nSPS) is 14.1. The highest BCUT2D eigenvalue weighted by atomic mass is 19.4. The van der Waals surface area contributed by atoms with Crippen LogP contribution in [0, 0.1) is 5.82 Å². The summed E-state index contributed by atoms with van der Waals surface area (Å²) in [6.45, 7) is 1.91. The van der Waals surface area contributed by atoms with Crippen LogP contribution in [0.15, 0.2) is 66.9 Å². The van der Waals surface area contributed by atoms with Crippen LogP contribution in [0.25, 0.3) is 0 Å². The highest BCUT2D eigenvalue weighted by Crippen LogP contribution is 2.29. The first-order chi connectivity index (χ1) is 16.2. The summed E-state index contributed by atoms with van der Waals surface area (Å²) in [5.74, 6) is -0.742. The van der Waals surface area contributed by atoms with Crippen molar-refractivity contribution in [3.63, 3.8) is 0 Å². The molecular weight excluding hydrogens is 452 g/mol. The second-order valence-electron chi connectivity index (χ2n) is 7.73. The molecule has 2 amide bonds. The molecule has 0 aliphatic carbocycles. The van der Waals surface area contributed by atoms with Crippen LogP contribution in [-0.2, 0) is 6.18 Å². The lowest BCUT2D eigenvalue weighted by Crippen LogP contribution is -2.49. The van der Waals surface area contributed by atoms with Crippen molar-refractivity contribution in [1.29, 1.82) is 0 Å². The predicted octanol–water partition coefficient (Wildman–Crippen LogP) is 4.45. The summed E-state index contributed by atoms with van der Waals surface area (Å²) >= 11 is 0. The Morgan fingerprint density at radius 2 is 1.59 bits per heavy atom. The summed E-state index contributed by atoms with van der Waals surface area (Å²) in [6, 6.07) is 13.0. The zero-order valence-corrected chi connectivity index (χ0v) is 17.8. The molecule has 10 heteroatoms. The van der Waals surface area contributed by atoms with E-state index in [-0.39, 0.29) is 11.5 Å². The molecule has 1 aliphatic rings. The van der Waals surface area contributed by atoms with Gasteiger partial charge < -0.3 is 15.1 Å². The molecule has 1 N–H and O–H groups in total. The average Bonchev–Trinajstić information content (AvgIpc) is 2.84. The van der Waals surface area contributed by atoms with Crippen LogP contribution >= 0.6 is 0 Å². The number of nitrogens with zero attached hydrogens (tertiary/aromatic N) is 3. The third-order valence-electron chi connectivity index (χ3n) is 5.42. The Morgan fingerprint density at radius 1 is 0.882 bits per heavy atom. The molecule has 0 radical (unpaired) electrons. The molecule has 2 heterocycles. The molecule has 0 saturated carbocycles. The number of alkyl halides is 3. The molecule has 1 aliphatic heterocycles. The molecule has 34 heavy (non-hydrogen) atoms. The Labute approximate surface area is 192 Å². The number of piperazine rings is 1. The first-order valence-electron chi connectivity index (χ1n) is 10.5. The number of nitrogens with one attached hydrogen (secondary N) is 1. The predicted molar refractivity (Wildman–Crippen MR) is 118 cm³/mol. The molecule has 1 saturated heterocycles. The minimum Gasteiger partial charge on any atom is -0.353 e. The smallest absolute Gasteiger partial charge is 0.353 e. The number of anilines is 2. The summed E-state index contributed by atoms with van der Waals surface area (Å²) in [7, 11) is 0. The van der Waals surface area contributed by atoms with E-state index in [0.29, 0.717) is 43.2 Å². The van der Waals surface area contributed by atoms with E-state index in [0.717, 1.165) is 12.1 Å². The second-order valence-corrected chi connectivity index (χ2v) is 7.73. The van der Waals surface area contributed by atoms with E-state index in [4.69, 9.17) is 0 Å². The van der Waals surface area contributed by atoms with Gasteiger partial charge in [0.1, 0.15) is 11.6 Å². The Balaban J connectivity index is 1.34. The summed E-state index contributed by atoms with van der Waals surface area (Å²) in [5, 5.41) is 2.54. The molecule has 3 aromatic rings. The van der Waals surface area contributed by atoms with Crippen LogP contribution in [-0.4, -0.2) is 47.9 Å². The summed E-state index contributed by atoms with van der Waals surface area (Å²) < 4.78 is 52.0. The zero-order valence-electron chi connectivity index (χ0n) is 17.8. The van der Waals surface area contributed by atoms with Gasteiger partial charge in [0.15, 0.2) is 0 Å². The Bertz CT molecular complexity index is 1190. The van der Waals surface area contributed by atoms with Crippen molar-refractivity contribution in [3.05, 3.63) is 89.4 Å². The highest BCUT2D eigenvalue weighted by molar-refractivity contribution is 6.04. The highest BCUT2D eigenvalue weighted by Gasteiger charge is 2.31. The molecule has 176 valence electrons. The van der Waals surface area contributed by atoms with Gasteiger partial charge in [-0.2, -0.15) is 13.2 Å². The van der Waals surface area contributed by atoms with Gasteiger partial charge in [-0.15, -0.1) is 0 Å². The first-order valence-corrected chi connectivity index (χ1v) is 10.5. The molecule has 1 aromatic heterocycles. The van der Waals surface area contributed by atoms with E-state index in [2.05, 4.69) is 10.3 Å². The molecular formula is C24H20F4N4O2. The van der Waals surface area contributed by atoms with Gasteiger partial charge in [-0.05, 0) is 48.5 Å². The monoisotopic (exact) mass is 472 g/mol. The second kappa shape index (κ2) is 9.50. The lowest BCUT2D eigenvalue weighted by Gasteiger charge is -2.35. The van der Waals surface area contributed by atoms with Gasteiger partial charge in [-0.1, -0.05) is 12.1 Å². The van der Waals surface area contributed by atoms with Crippen LogP contribution in [0.2, 0.25) is 0 Å². The Morgan fingerprint density at radius 3 is 2.24 bits per heavy atom. The number of hydrogen-bond donors (Lipinski definition) is 1. The van der Waals surface area contributed by atoms with E-state index < -0.39 is 23.5 Å².